The lowest BCUT2D eigenvalue weighted by Gasteiger charge is -2.18. The number of allylic oxidation sites excluding steroid dienone is 2. The quantitative estimate of drug-likeness (QED) is 0.0274. The van der Waals surface area contributed by atoms with Crippen LogP contribution >= 0.6 is 0 Å². The molecule has 0 aromatic heterocycles. The summed E-state index contributed by atoms with van der Waals surface area (Å²) >= 11 is 0. The summed E-state index contributed by atoms with van der Waals surface area (Å²) in [7, 11) is 0. The maximum atomic E-state index is 12.7. The van der Waals surface area contributed by atoms with E-state index < -0.39 is 6.10 Å². The Balaban J connectivity index is 4.36. The number of rotatable bonds is 39. The molecular formula is C44H82O6. The van der Waals surface area contributed by atoms with Gasteiger partial charge in [0.05, 0.1) is 0 Å². The zero-order valence-electron chi connectivity index (χ0n) is 33.4. The van der Waals surface area contributed by atoms with Crippen LogP contribution in [0.4, 0.5) is 0 Å². The van der Waals surface area contributed by atoms with Gasteiger partial charge in [0.1, 0.15) is 13.2 Å². The van der Waals surface area contributed by atoms with Gasteiger partial charge in [-0.3, -0.25) is 14.4 Å². The Morgan fingerprint density at radius 2 is 0.680 bits per heavy atom. The predicted octanol–water partition coefficient (Wildman–Crippen LogP) is 13.5. The number of hydrogen-bond donors (Lipinski definition) is 0. The number of carbonyl (C=O) groups excluding carboxylic acids is 3. The van der Waals surface area contributed by atoms with E-state index >= 15 is 0 Å². The third kappa shape index (κ3) is 37.4. The molecule has 294 valence electrons. The van der Waals surface area contributed by atoms with Crippen molar-refractivity contribution in [1.82, 2.24) is 0 Å². The first kappa shape index (κ1) is 48.1. The van der Waals surface area contributed by atoms with E-state index in [1.807, 2.05) is 0 Å². The number of ether oxygens (including phenoxy) is 3. The molecule has 6 heteroatoms. The molecule has 0 N–H and O–H groups in total. The molecule has 1 atom stereocenters. The summed E-state index contributed by atoms with van der Waals surface area (Å²) in [5, 5.41) is 0. The van der Waals surface area contributed by atoms with Gasteiger partial charge in [-0.1, -0.05) is 187 Å². The SMILES string of the molecule is CCCC/C=C\CCCCCCCC(=O)OC[C@@H](COC(=O)CCCCCCCCCCCC)OC(=O)CCCCCCCCCCCCC. The van der Waals surface area contributed by atoms with Crippen molar-refractivity contribution in [3.05, 3.63) is 12.2 Å². The first-order chi connectivity index (χ1) is 24.5. The molecule has 0 saturated carbocycles. The predicted molar refractivity (Wildman–Crippen MR) is 210 cm³/mol. The normalized spacial score (nSPS) is 12.0. The highest BCUT2D eigenvalue weighted by Crippen LogP contribution is 2.15. The summed E-state index contributed by atoms with van der Waals surface area (Å²) < 4.78 is 16.6. The fourth-order valence-corrected chi connectivity index (χ4v) is 6.19. The molecule has 0 bridgehead atoms. The maximum Gasteiger partial charge on any atom is 0.306 e. The molecule has 0 fully saturated rings. The zero-order chi connectivity index (χ0) is 36.6. The molecule has 0 spiro atoms. The van der Waals surface area contributed by atoms with E-state index in [0.29, 0.717) is 19.3 Å². The van der Waals surface area contributed by atoms with Crippen LogP contribution in [0.2, 0.25) is 0 Å². The molecule has 0 aromatic carbocycles. The summed E-state index contributed by atoms with van der Waals surface area (Å²) in [5.41, 5.74) is 0. The van der Waals surface area contributed by atoms with Crippen molar-refractivity contribution in [2.75, 3.05) is 13.2 Å². The summed E-state index contributed by atoms with van der Waals surface area (Å²) in [5.74, 6) is -0.876. The van der Waals surface area contributed by atoms with Crippen molar-refractivity contribution < 1.29 is 28.6 Å². The van der Waals surface area contributed by atoms with Gasteiger partial charge in [-0.05, 0) is 38.5 Å². The molecule has 0 unspecified atom stereocenters. The average Bonchev–Trinajstić information content (AvgIpc) is 3.11. The highest BCUT2D eigenvalue weighted by molar-refractivity contribution is 5.71. The van der Waals surface area contributed by atoms with Gasteiger partial charge in [0.15, 0.2) is 6.10 Å². The average molecular weight is 707 g/mol. The van der Waals surface area contributed by atoms with E-state index in [1.54, 1.807) is 0 Å². The van der Waals surface area contributed by atoms with Crippen molar-refractivity contribution in [2.45, 2.75) is 239 Å². The second-order valence-corrected chi connectivity index (χ2v) is 14.6. The first-order valence-electron chi connectivity index (χ1n) is 21.7. The molecule has 0 radical (unpaired) electrons. The number of hydrogen-bond acceptors (Lipinski definition) is 6. The van der Waals surface area contributed by atoms with Crippen LogP contribution in [-0.2, 0) is 28.6 Å². The lowest BCUT2D eigenvalue weighted by atomic mass is 10.1. The van der Waals surface area contributed by atoms with Crippen molar-refractivity contribution in [1.29, 1.82) is 0 Å². The summed E-state index contributed by atoms with van der Waals surface area (Å²) in [6.45, 7) is 6.57. The molecule has 6 nitrogen and oxygen atoms in total. The second-order valence-electron chi connectivity index (χ2n) is 14.6. The van der Waals surface area contributed by atoms with Crippen molar-refractivity contribution in [2.24, 2.45) is 0 Å². The monoisotopic (exact) mass is 707 g/mol. The lowest BCUT2D eigenvalue weighted by molar-refractivity contribution is -0.167. The molecule has 0 aliphatic carbocycles. The first-order valence-corrected chi connectivity index (χ1v) is 21.7. The smallest absolute Gasteiger partial charge is 0.306 e. The van der Waals surface area contributed by atoms with Crippen LogP contribution in [0.1, 0.15) is 233 Å². The molecule has 0 rings (SSSR count). The van der Waals surface area contributed by atoms with E-state index in [9.17, 15) is 14.4 Å². The summed E-state index contributed by atoms with van der Waals surface area (Å²) in [6, 6.07) is 0. The minimum absolute atomic E-state index is 0.0687. The van der Waals surface area contributed by atoms with Crippen LogP contribution < -0.4 is 0 Å². The Morgan fingerprint density at radius 1 is 0.380 bits per heavy atom. The largest absolute Gasteiger partial charge is 0.462 e. The number of carbonyl (C=O) groups is 3. The maximum absolute atomic E-state index is 12.7. The third-order valence-electron chi connectivity index (χ3n) is 9.52. The van der Waals surface area contributed by atoms with Gasteiger partial charge in [-0.25, -0.2) is 0 Å². The van der Waals surface area contributed by atoms with Gasteiger partial charge < -0.3 is 14.2 Å². The van der Waals surface area contributed by atoms with E-state index in [-0.39, 0.29) is 31.1 Å². The van der Waals surface area contributed by atoms with E-state index in [2.05, 4.69) is 32.9 Å². The molecule has 0 aromatic rings. The van der Waals surface area contributed by atoms with Gasteiger partial charge in [0.25, 0.3) is 0 Å². The lowest BCUT2D eigenvalue weighted by Crippen LogP contribution is -2.30. The van der Waals surface area contributed by atoms with Gasteiger partial charge in [-0.2, -0.15) is 0 Å². The summed E-state index contributed by atoms with van der Waals surface area (Å²) in [6.07, 6.45) is 40.4. The Labute approximate surface area is 310 Å². The van der Waals surface area contributed by atoms with Gasteiger partial charge in [-0.15, -0.1) is 0 Å². The Kier molecular flexibility index (Phi) is 38.5. The number of unbranched alkanes of at least 4 members (excludes halogenated alkanes) is 26. The molecule has 50 heavy (non-hydrogen) atoms. The van der Waals surface area contributed by atoms with E-state index in [4.69, 9.17) is 14.2 Å². The van der Waals surface area contributed by atoms with Crippen LogP contribution in [0, 0.1) is 0 Å². The highest BCUT2D eigenvalue weighted by atomic mass is 16.6. The van der Waals surface area contributed by atoms with Crippen LogP contribution in [0.25, 0.3) is 0 Å². The fraction of sp³-hybridized carbons (Fsp3) is 0.886. The second kappa shape index (κ2) is 39.9. The Hall–Kier alpha value is -1.85. The van der Waals surface area contributed by atoms with Gasteiger partial charge in [0.2, 0.25) is 0 Å². The van der Waals surface area contributed by atoms with Crippen LogP contribution in [0.3, 0.4) is 0 Å². The van der Waals surface area contributed by atoms with Gasteiger partial charge in [0, 0.05) is 19.3 Å². The molecule has 0 aliphatic heterocycles. The highest BCUT2D eigenvalue weighted by Gasteiger charge is 2.19. The van der Waals surface area contributed by atoms with Crippen molar-refractivity contribution in [3.63, 3.8) is 0 Å². The van der Waals surface area contributed by atoms with Crippen molar-refractivity contribution >= 4 is 17.9 Å². The Bertz CT molecular complexity index is 778. The minimum atomic E-state index is -0.763. The summed E-state index contributed by atoms with van der Waals surface area (Å²) in [4.78, 5) is 37.5. The molecule has 0 aliphatic rings. The van der Waals surface area contributed by atoms with E-state index in [0.717, 1.165) is 64.2 Å². The van der Waals surface area contributed by atoms with Crippen LogP contribution in [0.5, 0.6) is 0 Å². The molecular weight excluding hydrogens is 624 g/mol. The van der Waals surface area contributed by atoms with Crippen molar-refractivity contribution in [3.8, 4) is 0 Å². The van der Waals surface area contributed by atoms with E-state index in [1.165, 1.54) is 128 Å². The topological polar surface area (TPSA) is 78.9 Å². The third-order valence-corrected chi connectivity index (χ3v) is 9.52. The zero-order valence-corrected chi connectivity index (χ0v) is 33.4. The molecule has 0 amide bonds. The molecule has 0 saturated heterocycles. The minimum Gasteiger partial charge on any atom is -0.462 e. The standard InChI is InChI=1S/C44H82O6/c1-4-7-10-13-16-19-22-25-28-31-34-37-43(46)49-40-41(39-48-42(45)36-33-30-27-24-21-18-15-12-9-6-3)50-44(47)38-35-32-29-26-23-20-17-14-11-8-5-2/h13,16,41H,4-12,14-15,17-40H2,1-3H3/b16-13-/t41-/m1/s1. The molecule has 0 heterocycles. The van der Waals surface area contributed by atoms with Crippen LogP contribution in [-0.4, -0.2) is 37.2 Å². The van der Waals surface area contributed by atoms with Crippen LogP contribution in [0.15, 0.2) is 12.2 Å². The number of esters is 3. The fourth-order valence-electron chi connectivity index (χ4n) is 6.19. The Morgan fingerprint density at radius 3 is 1.06 bits per heavy atom. The van der Waals surface area contributed by atoms with Gasteiger partial charge >= 0.3 is 17.9 Å².